The van der Waals surface area contributed by atoms with Gasteiger partial charge in [-0.1, -0.05) is 12.1 Å². The van der Waals surface area contributed by atoms with Crippen molar-refractivity contribution in [1.29, 1.82) is 0 Å². The van der Waals surface area contributed by atoms with E-state index in [2.05, 4.69) is 20.2 Å². The highest BCUT2D eigenvalue weighted by atomic mass is 16.6. The minimum absolute atomic E-state index is 0.0404. The second-order valence-corrected chi connectivity index (χ2v) is 7.78. The third kappa shape index (κ3) is 4.04. The van der Waals surface area contributed by atoms with Gasteiger partial charge in [-0.2, -0.15) is 4.98 Å². The maximum atomic E-state index is 12.7. The van der Waals surface area contributed by atoms with Crippen molar-refractivity contribution >= 4 is 17.5 Å². The van der Waals surface area contributed by atoms with Crippen LogP contribution in [0.15, 0.2) is 30.5 Å². The van der Waals surface area contributed by atoms with Gasteiger partial charge in [0.2, 0.25) is 11.8 Å². The number of nitro groups is 1. The average molecular weight is 412 g/mol. The third-order valence-electron chi connectivity index (χ3n) is 5.92. The van der Waals surface area contributed by atoms with Crippen LogP contribution in [0.4, 0.5) is 11.6 Å². The topological polar surface area (TPSA) is 137 Å². The molecule has 10 nitrogen and oxygen atoms in total. The van der Waals surface area contributed by atoms with Gasteiger partial charge in [0, 0.05) is 43.0 Å². The molecule has 3 atom stereocenters. The Kier molecular flexibility index (Phi) is 5.49. The molecule has 0 spiro atoms. The predicted molar refractivity (Wildman–Crippen MR) is 109 cm³/mol. The number of hydrogen-bond acceptors (Lipinski definition) is 8. The standard InChI is InChI=1S/C20H24N6O4/c1-30-19-17(10-22-20(21)24-19)18(27)23-13-8-14-5-6-15(9-13)25(14)11-12-3-2-4-16(7-12)26(28)29/h2-4,7,10,13-15H,5-6,8-9,11H2,1H3,(H,23,27)(H2,21,22,24)/t13?,14-,15+. The molecule has 1 unspecified atom stereocenters. The van der Waals surface area contributed by atoms with Gasteiger partial charge in [-0.25, -0.2) is 4.98 Å². The van der Waals surface area contributed by atoms with Crippen LogP contribution in [0.2, 0.25) is 0 Å². The number of fused-ring (bicyclic) bond motifs is 2. The van der Waals surface area contributed by atoms with Gasteiger partial charge in [-0.05, 0) is 31.2 Å². The Balaban J connectivity index is 1.41. The molecule has 3 heterocycles. The summed E-state index contributed by atoms with van der Waals surface area (Å²) in [5, 5.41) is 14.1. The van der Waals surface area contributed by atoms with Crippen LogP contribution in [-0.2, 0) is 6.54 Å². The molecule has 1 aromatic heterocycles. The summed E-state index contributed by atoms with van der Waals surface area (Å²) in [6.45, 7) is 0.678. The monoisotopic (exact) mass is 412 g/mol. The van der Waals surface area contributed by atoms with E-state index in [0.29, 0.717) is 18.6 Å². The molecular weight excluding hydrogens is 388 g/mol. The minimum atomic E-state index is -0.366. The minimum Gasteiger partial charge on any atom is -0.480 e. The fraction of sp³-hybridized carbons (Fsp3) is 0.450. The number of piperidine rings is 1. The number of rotatable bonds is 6. The number of hydrogen-bond donors (Lipinski definition) is 2. The largest absolute Gasteiger partial charge is 0.480 e. The fourth-order valence-electron chi connectivity index (χ4n) is 4.58. The van der Waals surface area contributed by atoms with Gasteiger partial charge in [0.25, 0.3) is 11.6 Å². The molecular formula is C20H24N6O4. The normalized spacial score (nSPS) is 23.2. The lowest BCUT2D eigenvalue weighted by molar-refractivity contribution is -0.384. The van der Waals surface area contributed by atoms with Gasteiger partial charge in [0.05, 0.1) is 12.0 Å². The van der Waals surface area contributed by atoms with E-state index >= 15 is 0 Å². The molecule has 1 amide bonds. The summed E-state index contributed by atoms with van der Waals surface area (Å²) in [5.41, 5.74) is 6.87. The molecule has 2 aliphatic rings. The first-order valence-corrected chi connectivity index (χ1v) is 9.91. The van der Waals surface area contributed by atoms with Crippen LogP contribution in [0.25, 0.3) is 0 Å². The Labute approximate surface area is 173 Å². The van der Waals surface area contributed by atoms with Crippen molar-refractivity contribution in [2.45, 2.75) is 50.4 Å². The maximum Gasteiger partial charge on any atom is 0.269 e. The summed E-state index contributed by atoms with van der Waals surface area (Å²) < 4.78 is 5.15. The highest BCUT2D eigenvalue weighted by Crippen LogP contribution is 2.37. The van der Waals surface area contributed by atoms with Crippen LogP contribution in [-0.4, -0.2) is 50.9 Å². The van der Waals surface area contributed by atoms with Gasteiger partial charge in [0.15, 0.2) is 0 Å². The lowest BCUT2D eigenvalue weighted by Gasteiger charge is -2.39. The second kappa shape index (κ2) is 8.23. The molecule has 3 N–H and O–H groups in total. The van der Waals surface area contributed by atoms with Crippen molar-refractivity contribution in [3.8, 4) is 5.88 Å². The van der Waals surface area contributed by atoms with Crippen molar-refractivity contribution in [1.82, 2.24) is 20.2 Å². The molecule has 158 valence electrons. The molecule has 0 saturated carbocycles. The lowest BCUT2D eigenvalue weighted by atomic mass is 9.96. The van der Waals surface area contributed by atoms with Gasteiger partial charge >= 0.3 is 0 Å². The molecule has 2 aromatic rings. The maximum absolute atomic E-state index is 12.7. The number of nitrogens with two attached hydrogens (primary N) is 1. The number of carbonyl (C=O) groups excluding carboxylic acids is 1. The van der Waals surface area contributed by atoms with Crippen LogP contribution in [0, 0.1) is 10.1 Å². The molecule has 2 saturated heterocycles. The zero-order valence-electron chi connectivity index (χ0n) is 16.7. The Bertz CT molecular complexity index is 954. The van der Waals surface area contributed by atoms with Crippen molar-refractivity contribution in [3.63, 3.8) is 0 Å². The number of nitrogen functional groups attached to an aromatic ring is 1. The van der Waals surface area contributed by atoms with Crippen molar-refractivity contribution in [3.05, 3.63) is 51.7 Å². The number of amides is 1. The zero-order valence-corrected chi connectivity index (χ0v) is 16.7. The Morgan fingerprint density at radius 3 is 2.77 bits per heavy atom. The Morgan fingerprint density at radius 2 is 2.10 bits per heavy atom. The molecule has 2 aliphatic heterocycles. The number of benzene rings is 1. The van der Waals surface area contributed by atoms with Gasteiger partial charge in [0.1, 0.15) is 5.56 Å². The molecule has 4 rings (SSSR count). The smallest absolute Gasteiger partial charge is 0.269 e. The summed E-state index contributed by atoms with van der Waals surface area (Å²) >= 11 is 0. The third-order valence-corrected chi connectivity index (χ3v) is 5.92. The van der Waals surface area contributed by atoms with Crippen LogP contribution in [0.3, 0.4) is 0 Å². The number of nitrogens with one attached hydrogen (secondary N) is 1. The van der Waals surface area contributed by atoms with Gasteiger partial charge in [-0.3, -0.25) is 19.8 Å². The van der Waals surface area contributed by atoms with Crippen molar-refractivity contribution in [2.75, 3.05) is 12.8 Å². The number of ether oxygens (including phenoxy) is 1. The van der Waals surface area contributed by atoms with Crippen LogP contribution in [0.5, 0.6) is 5.88 Å². The molecule has 2 bridgehead atoms. The number of methoxy groups -OCH3 is 1. The summed E-state index contributed by atoms with van der Waals surface area (Å²) in [6, 6.07) is 7.50. The molecule has 10 heteroatoms. The molecule has 0 aliphatic carbocycles. The van der Waals surface area contributed by atoms with E-state index in [-0.39, 0.29) is 40.0 Å². The van der Waals surface area contributed by atoms with Gasteiger partial charge < -0.3 is 15.8 Å². The summed E-state index contributed by atoms with van der Waals surface area (Å²) in [4.78, 5) is 33.7. The summed E-state index contributed by atoms with van der Waals surface area (Å²) in [7, 11) is 1.44. The first-order chi connectivity index (χ1) is 14.4. The van der Waals surface area contributed by atoms with E-state index in [1.54, 1.807) is 12.1 Å². The van der Waals surface area contributed by atoms with E-state index in [4.69, 9.17) is 10.5 Å². The second-order valence-electron chi connectivity index (χ2n) is 7.78. The molecule has 30 heavy (non-hydrogen) atoms. The molecule has 0 radical (unpaired) electrons. The predicted octanol–water partition coefficient (Wildman–Crippen LogP) is 1.90. The number of aromatic nitrogens is 2. The summed E-state index contributed by atoms with van der Waals surface area (Å²) in [6.07, 6.45) is 5.15. The summed E-state index contributed by atoms with van der Waals surface area (Å²) in [5.74, 6) is -0.0645. The van der Waals surface area contributed by atoms with Crippen LogP contribution >= 0.6 is 0 Å². The number of nitro benzene ring substituents is 1. The Morgan fingerprint density at radius 1 is 1.37 bits per heavy atom. The average Bonchev–Trinajstić information content (AvgIpc) is 2.95. The SMILES string of the molecule is COc1nc(N)ncc1C(=O)NC1C[C@H]2CC[C@@H](C1)N2Cc1cccc([N+](=O)[O-])c1. The van der Waals surface area contributed by atoms with Crippen molar-refractivity contribution in [2.24, 2.45) is 0 Å². The quantitative estimate of drug-likeness (QED) is 0.542. The van der Waals surface area contributed by atoms with Crippen LogP contribution < -0.4 is 15.8 Å². The van der Waals surface area contributed by atoms with E-state index in [9.17, 15) is 14.9 Å². The number of non-ortho nitro benzene ring substituents is 1. The number of carbonyl (C=O) groups is 1. The van der Waals surface area contributed by atoms with E-state index in [1.165, 1.54) is 19.4 Å². The number of anilines is 1. The van der Waals surface area contributed by atoms with E-state index in [1.807, 2.05) is 6.07 Å². The highest BCUT2D eigenvalue weighted by Gasteiger charge is 2.41. The lowest BCUT2D eigenvalue weighted by Crippen LogP contribution is -2.50. The zero-order chi connectivity index (χ0) is 21.3. The number of nitrogens with zero attached hydrogens (tertiary/aromatic N) is 4. The van der Waals surface area contributed by atoms with E-state index < -0.39 is 0 Å². The molecule has 1 aromatic carbocycles. The molecule has 2 fully saturated rings. The van der Waals surface area contributed by atoms with Crippen LogP contribution in [0.1, 0.15) is 41.6 Å². The van der Waals surface area contributed by atoms with Crippen molar-refractivity contribution < 1.29 is 14.5 Å². The van der Waals surface area contributed by atoms with E-state index in [0.717, 1.165) is 31.2 Å². The first-order valence-electron chi connectivity index (χ1n) is 9.91. The van der Waals surface area contributed by atoms with Gasteiger partial charge in [-0.15, -0.1) is 0 Å². The Hall–Kier alpha value is -3.27. The fourth-order valence-corrected chi connectivity index (χ4v) is 4.58. The highest BCUT2D eigenvalue weighted by molar-refractivity contribution is 5.96. The first kappa shape index (κ1) is 20.0.